The van der Waals surface area contributed by atoms with Gasteiger partial charge in [-0.05, 0) is 112 Å². The van der Waals surface area contributed by atoms with Crippen LogP contribution in [0, 0.1) is 11.8 Å². The molecule has 188 valence electrons. The molecule has 2 aliphatic carbocycles. The summed E-state index contributed by atoms with van der Waals surface area (Å²) in [6, 6.07) is 9.71. The van der Waals surface area contributed by atoms with Crippen LogP contribution in [0.4, 0.5) is 11.4 Å². The van der Waals surface area contributed by atoms with E-state index in [1.165, 1.54) is 108 Å². The quantitative estimate of drug-likeness (QED) is 0.329. The van der Waals surface area contributed by atoms with Gasteiger partial charge in [0.15, 0.2) is 5.11 Å². The van der Waals surface area contributed by atoms with Gasteiger partial charge in [0.2, 0.25) is 0 Å². The fourth-order valence-corrected chi connectivity index (χ4v) is 8.37. The molecule has 1 aromatic rings. The minimum atomic E-state index is 0.153. The molecular weight excluding hydrogens is 456 g/mol. The first-order chi connectivity index (χ1) is 16.6. The summed E-state index contributed by atoms with van der Waals surface area (Å²) in [6.07, 6.45) is 15.2. The fraction of sp³-hybridized carbons (Fsp3) is 0.750. The number of thiocarbonyl (C=S) groups is 1. The van der Waals surface area contributed by atoms with E-state index in [2.05, 4.69) is 63.4 Å². The number of piperidine rings is 2. The molecule has 1 aromatic carbocycles. The maximum atomic E-state index is 5.73. The Kier molecular flexibility index (Phi) is 8.27. The molecule has 2 atom stereocenters. The monoisotopic (exact) mass is 500 g/mol. The summed E-state index contributed by atoms with van der Waals surface area (Å²) in [5.41, 5.74) is 2.43. The molecule has 4 fully saturated rings. The molecule has 0 aromatic heterocycles. The average Bonchev–Trinajstić information content (AvgIpc) is 3.52. The van der Waals surface area contributed by atoms with Crippen molar-refractivity contribution in [1.29, 1.82) is 0 Å². The third kappa shape index (κ3) is 6.22. The SMILES string of the molecule is CC1CC1(NC(=S)Nc1ccc(N2CCC(N3CCCCC3)CC2)cc1)SCC1CCCCC1. The predicted molar refractivity (Wildman–Crippen MR) is 152 cm³/mol. The first kappa shape index (κ1) is 24.7. The number of likely N-dealkylation sites (tertiary alicyclic amines) is 1. The number of rotatable bonds is 7. The van der Waals surface area contributed by atoms with Gasteiger partial charge in [0.25, 0.3) is 0 Å². The standard InChI is InChI=1S/C28H44N4S2/c1-22-20-28(22,34-21-23-8-4-2-5-9-23)30-27(33)29-24-10-12-25(13-11-24)32-18-14-26(15-19-32)31-16-6-3-7-17-31/h10-13,22-23,26H,2-9,14-21H2,1H3,(H2,29,30,33). The highest BCUT2D eigenvalue weighted by Gasteiger charge is 2.52. The Bertz CT molecular complexity index is 795. The van der Waals surface area contributed by atoms with Crippen LogP contribution in [0.3, 0.4) is 0 Å². The van der Waals surface area contributed by atoms with Crippen LogP contribution in [0.2, 0.25) is 0 Å². The van der Waals surface area contributed by atoms with E-state index in [1.807, 2.05) is 0 Å². The number of thioether (sulfide) groups is 1. The van der Waals surface area contributed by atoms with Crippen LogP contribution in [0.15, 0.2) is 24.3 Å². The predicted octanol–water partition coefficient (Wildman–Crippen LogP) is 6.48. The lowest BCUT2D eigenvalue weighted by molar-refractivity contribution is 0.141. The van der Waals surface area contributed by atoms with E-state index < -0.39 is 0 Å². The molecule has 5 rings (SSSR count). The number of nitrogens with zero attached hydrogens (tertiary/aromatic N) is 2. The van der Waals surface area contributed by atoms with E-state index >= 15 is 0 Å². The zero-order chi connectivity index (χ0) is 23.4. The molecule has 0 bridgehead atoms. The van der Waals surface area contributed by atoms with Crippen LogP contribution < -0.4 is 15.5 Å². The molecule has 34 heavy (non-hydrogen) atoms. The van der Waals surface area contributed by atoms with E-state index in [0.717, 1.165) is 22.8 Å². The van der Waals surface area contributed by atoms with Crippen molar-refractivity contribution in [2.45, 2.75) is 88.5 Å². The van der Waals surface area contributed by atoms with Gasteiger partial charge >= 0.3 is 0 Å². The largest absolute Gasteiger partial charge is 0.371 e. The topological polar surface area (TPSA) is 30.5 Å². The third-order valence-corrected chi connectivity index (χ3v) is 10.8. The van der Waals surface area contributed by atoms with Gasteiger partial charge < -0.3 is 20.4 Å². The zero-order valence-corrected chi connectivity index (χ0v) is 22.7. The summed E-state index contributed by atoms with van der Waals surface area (Å²) >= 11 is 7.86. The lowest BCUT2D eigenvalue weighted by Gasteiger charge is -2.41. The first-order valence-electron chi connectivity index (χ1n) is 13.9. The van der Waals surface area contributed by atoms with Crippen molar-refractivity contribution < 1.29 is 0 Å². The van der Waals surface area contributed by atoms with Crippen molar-refractivity contribution in [1.82, 2.24) is 10.2 Å². The Morgan fingerprint density at radius 3 is 2.24 bits per heavy atom. The normalized spacial score (nSPS) is 29.1. The Morgan fingerprint density at radius 2 is 1.59 bits per heavy atom. The summed E-state index contributed by atoms with van der Waals surface area (Å²) in [6.45, 7) is 7.34. The van der Waals surface area contributed by atoms with E-state index in [9.17, 15) is 0 Å². The van der Waals surface area contributed by atoms with E-state index in [1.54, 1.807) is 0 Å². The highest BCUT2D eigenvalue weighted by molar-refractivity contribution is 8.01. The van der Waals surface area contributed by atoms with Crippen molar-refractivity contribution in [2.24, 2.45) is 11.8 Å². The van der Waals surface area contributed by atoms with Crippen LogP contribution in [-0.4, -0.2) is 52.9 Å². The molecule has 4 nitrogen and oxygen atoms in total. The summed E-state index contributed by atoms with van der Waals surface area (Å²) < 4.78 is 0. The molecule has 0 amide bonds. The highest BCUT2D eigenvalue weighted by atomic mass is 32.2. The molecule has 2 unspecified atom stereocenters. The molecule has 2 saturated carbocycles. The van der Waals surface area contributed by atoms with Gasteiger partial charge in [-0.1, -0.05) is 32.6 Å². The van der Waals surface area contributed by atoms with Gasteiger partial charge in [0.1, 0.15) is 0 Å². The second kappa shape index (κ2) is 11.4. The molecule has 0 radical (unpaired) electrons. The number of hydrogen-bond acceptors (Lipinski definition) is 4. The molecular formula is C28H44N4S2. The molecule has 6 heteroatoms. The van der Waals surface area contributed by atoms with Gasteiger partial charge in [0.05, 0.1) is 4.87 Å². The third-order valence-electron chi connectivity index (χ3n) is 8.73. The van der Waals surface area contributed by atoms with Gasteiger partial charge in [-0.3, -0.25) is 0 Å². The molecule has 4 aliphatic rings. The molecule has 0 spiro atoms. The first-order valence-corrected chi connectivity index (χ1v) is 15.3. The number of hydrogen-bond donors (Lipinski definition) is 2. The fourth-order valence-electron chi connectivity index (χ4n) is 6.31. The number of benzene rings is 1. The zero-order valence-electron chi connectivity index (χ0n) is 21.1. The summed E-state index contributed by atoms with van der Waals surface area (Å²) in [5.74, 6) is 2.88. The molecule has 2 heterocycles. The second-order valence-electron chi connectivity index (χ2n) is 11.3. The minimum Gasteiger partial charge on any atom is -0.371 e. The lowest BCUT2D eigenvalue weighted by Crippen LogP contribution is -2.46. The molecule has 2 saturated heterocycles. The van der Waals surface area contributed by atoms with Gasteiger partial charge in [0, 0.05) is 30.5 Å². The van der Waals surface area contributed by atoms with E-state index in [4.69, 9.17) is 12.2 Å². The molecule has 2 N–H and O–H groups in total. The molecule has 2 aliphatic heterocycles. The van der Waals surface area contributed by atoms with E-state index in [0.29, 0.717) is 5.92 Å². The van der Waals surface area contributed by atoms with Crippen molar-refractivity contribution >= 4 is 40.5 Å². The van der Waals surface area contributed by atoms with Crippen LogP contribution in [0.1, 0.15) is 77.6 Å². The second-order valence-corrected chi connectivity index (χ2v) is 13.0. The average molecular weight is 501 g/mol. The lowest BCUT2D eigenvalue weighted by atomic mass is 9.91. The van der Waals surface area contributed by atoms with Crippen LogP contribution >= 0.6 is 24.0 Å². The van der Waals surface area contributed by atoms with Crippen molar-refractivity contribution in [3.63, 3.8) is 0 Å². The van der Waals surface area contributed by atoms with Gasteiger partial charge in [-0.25, -0.2) is 0 Å². The summed E-state index contributed by atoms with van der Waals surface area (Å²) in [4.78, 5) is 5.46. The highest BCUT2D eigenvalue weighted by Crippen LogP contribution is 2.52. The van der Waals surface area contributed by atoms with Crippen molar-refractivity contribution in [3.05, 3.63) is 24.3 Å². The van der Waals surface area contributed by atoms with Gasteiger partial charge in [-0.2, -0.15) is 0 Å². The minimum absolute atomic E-state index is 0.153. The number of anilines is 2. The Labute approximate surface area is 217 Å². The summed E-state index contributed by atoms with van der Waals surface area (Å²) in [7, 11) is 0. The number of nitrogens with one attached hydrogen (secondary N) is 2. The maximum absolute atomic E-state index is 5.73. The van der Waals surface area contributed by atoms with Crippen molar-refractivity contribution in [2.75, 3.05) is 42.1 Å². The Hall–Kier alpha value is -0.980. The van der Waals surface area contributed by atoms with Crippen LogP contribution in [0.25, 0.3) is 0 Å². The maximum Gasteiger partial charge on any atom is 0.171 e. The Morgan fingerprint density at radius 1 is 0.941 bits per heavy atom. The van der Waals surface area contributed by atoms with E-state index in [-0.39, 0.29) is 4.87 Å². The smallest absolute Gasteiger partial charge is 0.171 e. The van der Waals surface area contributed by atoms with Crippen LogP contribution in [-0.2, 0) is 0 Å². The Balaban J connectivity index is 1.07. The van der Waals surface area contributed by atoms with Crippen LogP contribution in [0.5, 0.6) is 0 Å². The van der Waals surface area contributed by atoms with Gasteiger partial charge in [-0.15, -0.1) is 11.8 Å². The van der Waals surface area contributed by atoms with Crippen molar-refractivity contribution in [3.8, 4) is 0 Å². The summed E-state index contributed by atoms with van der Waals surface area (Å²) in [5, 5.41) is 7.92.